The van der Waals surface area contributed by atoms with Crippen LogP contribution in [0.15, 0.2) is 48.8 Å². The molecule has 0 amide bonds. The van der Waals surface area contributed by atoms with Crippen molar-refractivity contribution in [2.45, 2.75) is 16.9 Å². The van der Waals surface area contributed by atoms with Crippen molar-refractivity contribution in [3.05, 3.63) is 65.2 Å². The molecule has 0 radical (unpaired) electrons. The molecule has 10 heteroatoms. The number of hydrogen-bond donors (Lipinski definition) is 1. The summed E-state index contributed by atoms with van der Waals surface area (Å²) in [6.45, 7) is 2.97. The summed E-state index contributed by atoms with van der Waals surface area (Å²) in [4.78, 5) is 23.9. The highest BCUT2D eigenvalue weighted by Gasteiger charge is 2.34. The molecule has 2 fully saturated rings. The number of nitrogens with zero attached hydrogens (tertiary/aromatic N) is 3. The Morgan fingerprint density at radius 3 is 2.72 bits per heavy atom. The Morgan fingerprint density at radius 2 is 2.00 bits per heavy atom. The second-order valence-corrected chi connectivity index (χ2v) is 11.8. The fourth-order valence-electron chi connectivity index (χ4n) is 4.53. The minimum atomic E-state index is -0.491. The third-order valence-corrected chi connectivity index (χ3v) is 9.70. The van der Waals surface area contributed by atoms with Crippen LogP contribution in [0.4, 0.5) is 15.9 Å². The minimum absolute atomic E-state index is 0.00434. The zero-order chi connectivity index (χ0) is 25.1. The number of allylic oxidation sites excluding steroid dienone is 1. The third kappa shape index (κ3) is 5.80. The number of halogens is 2. The van der Waals surface area contributed by atoms with Crippen LogP contribution in [-0.4, -0.2) is 69.4 Å². The van der Waals surface area contributed by atoms with E-state index in [-0.39, 0.29) is 17.2 Å². The van der Waals surface area contributed by atoms with E-state index in [2.05, 4.69) is 43.7 Å². The number of nitrogens with one attached hydrogen (secondary N) is 1. The van der Waals surface area contributed by atoms with E-state index < -0.39 is 5.82 Å². The van der Waals surface area contributed by atoms with Gasteiger partial charge in [-0.1, -0.05) is 17.7 Å². The van der Waals surface area contributed by atoms with E-state index in [4.69, 9.17) is 16.3 Å². The van der Waals surface area contributed by atoms with E-state index in [9.17, 15) is 9.18 Å². The van der Waals surface area contributed by atoms with Crippen molar-refractivity contribution in [3.8, 4) is 5.75 Å². The SMILES string of the molecule is COc1cc2ncnc(Nc3ccc(F)c(Cl)c3)c2cc1CC(=O)/C=C/CN1CC2SCCSC2C1. The van der Waals surface area contributed by atoms with Crippen molar-refractivity contribution in [1.29, 1.82) is 0 Å². The van der Waals surface area contributed by atoms with Crippen molar-refractivity contribution in [2.75, 3.05) is 43.6 Å². The highest BCUT2D eigenvalue weighted by Crippen LogP contribution is 2.36. The molecular weight excluding hydrogens is 519 g/mol. The molecule has 2 aromatic carbocycles. The number of ether oxygens (including phenoxy) is 1. The molecule has 188 valence electrons. The Morgan fingerprint density at radius 1 is 1.22 bits per heavy atom. The molecule has 0 bridgehead atoms. The quantitative estimate of drug-likeness (QED) is 0.379. The lowest BCUT2D eigenvalue weighted by Crippen LogP contribution is -2.23. The van der Waals surface area contributed by atoms with Gasteiger partial charge in [-0.2, -0.15) is 23.5 Å². The molecule has 3 aromatic rings. The molecule has 2 saturated heterocycles. The third-order valence-electron chi connectivity index (χ3n) is 6.29. The molecule has 6 nitrogen and oxygen atoms in total. The van der Waals surface area contributed by atoms with Crippen LogP contribution in [-0.2, 0) is 11.2 Å². The Labute approximate surface area is 223 Å². The Bertz CT molecular complexity index is 1290. The van der Waals surface area contributed by atoms with Crippen LogP contribution in [0.5, 0.6) is 5.75 Å². The Kier molecular flexibility index (Phi) is 8.00. The maximum atomic E-state index is 13.6. The number of benzene rings is 2. The average Bonchev–Trinajstić information content (AvgIpc) is 3.29. The van der Waals surface area contributed by atoms with E-state index in [1.807, 2.05) is 12.1 Å². The first-order valence-electron chi connectivity index (χ1n) is 11.7. The zero-order valence-electron chi connectivity index (χ0n) is 19.7. The Hall–Kier alpha value is -2.33. The van der Waals surface area contributed by atoms with Gasteiger partial charge in [-0.05, 0) is 30.3 Å². The summed E-state index contributed by atoms with van der Waals surface area (Å²) in [5, 5.41) is 5.34. The van der Waals surface area contributed by atoms with Crippen LogP contribution in [0.25, 0.3) is 10.9 Å². The van der Waals surface area contributed by atoms with Crippen molar-refractivity contribution < 1.29 is 13.9 Å². The van der Waals surface area contributed by atoms with Crippen molar-refractivity contribution in [2.24, 2.45) is 0 Å². The van der Waals surface area contributed by atoms with Crippen LogP contribution in [0.3, 0.4) is 0 Å². The van der Waals surface area contributed by atoms with Crippen molar-refractivity contribution in [3.63, 3.8) is 0 Å². The summed E-state index contributed by atoms with van der Waals surface area (Å²) >= 11 is 10.1. The lowest BCUT2D eigenvalue weighted by Gasteiger charge is -2.22. The summed E-state index contributed by atoms with van der Waals surface area (Å²) in [6.07, 6.45) is 5.28. The second-order valence-electron chi connectivity index (χ2n) is 8.74. The van der Waals surface area contributed by atoms with Gasteiger partial charge in [0.05, 0.1) is 17.6 Å². The molecule has 3 heterocycles. The predicted molar refractivity (Wildman–Crippen MR) is 148 cm³/mol. The number of likely N-dealkylation sites (tertiary alicyclic amines) is 1. The largest absolute Gasteiger partial charge is 0.496 e. The van der Waals surface area contributed by atoms with Crippen LogP contribution in [0, 0.1) is 5.82 Å². The molecule has 1 N–H and O–H groups in total. The number of carbonyl (C=O) groups excluding carboxylic acids is 1. The van der Waals surface area contributed by atoms with Crippen LogP contribution in [0.1, 0.15) is 5.56 Å². The van der Waals surface area contributed by atoms with Crippen molar-refractivity contribution >= 4 is 63.3 Å². The summed E-state index contributed by atoms with van der Waals surface area (Å²) in [5.74, 6) is 3.11. The van der Waals surface area contributed by atoms with Gasteiger partial charge in [0, 0.05) is 70.8 Å². The Balaban J connectivity index is 1.30. The number of rotatable bonds is 8. The summed E-state index contributed by atoms with van der Waals surface area (Å²) < 4.78 is 19.1. The van der Waals surface area contributed by atoms with Gasteiger partial charge >= 0.3 is 0 Å². The molecule has 5 rings (SSSR count). The molecule has 2 aliphatic rings. The highest BCUT2D eigenvalue weighted by molar-refractivity contribution is 8.07. The first kappa shape index (κ1) is 25.3. The molecule has 36 heavy (non-hydrogen) atoms. The number of carbonyl (C=O) groups is 1. The van der Waals surface area contributed by atoms with Gasteiger partial charge in [0.1, 0.15) is 23.7 Å². The number of ketones is 1. The molecule has 0 spiro atoms. The summed E-state index contributed by atoms with van der Waals surface area (Å²) in [7, 11) is 1.58. The van der Waals surface area contributed by atoms with Crippen LogP contribution in [0.2, 0.25) is 5.02 Å². The van der Waals surface area contributed by atoms with Crippen LogP contribution >= 0.6 is 35.1 Å². The second kappa shape index (κ2) is 11.4. The lowest BCUT2D eigenvalue weighted by atomic mass is 10.0. The lowest BCUT2D eigenvalue weighted by molar-refractivity contribution is -0.114. The normalized spacial score (nSPS) is 20.1. The number of hydrogen-bond acceptors (Lipinski definition) is 8. The van der Waals surface area contributed by atoms with Gasteiger partial charge in [0.2, 0.25) is 0 Å². The van der Waals surface area contributed by atoms with Crippen molar-refractivity contribution in [1.82, 2.24) is 14.9 Å². The molecule has 0 saturated carbocycles. The fourth-order valence-corrected chi connectivity index (χ4v) is 7.79. The molecule has 2 unspecified atom stereocenters. The number of anilines is 2. The van der Waals surface area contributed by atoms with E-state index in [1.165, 1.54) is 30.0 Å². The fraction of sp³-hybridized carbons (Fsp3) is 0.346. The van der Waals surface area contributed by atoms with Gasteiger partial charge in [-0.25, -0.2) is 14.4 Å². The first-order valence-corrected chi connectivity index (χ1v) is 14.2. The summed E-state index contributed by atoms with van der Waals surface area (Å²) in [6, 6.07) is 8.04. The monoisotopic (exact) mass is 544 g/mol. The predicted octanol–water partition coefficient (Wildman–Crippen LogP) is 5.38. The summed E-state index contributed by atoms with van der Waals surface area (Å²) in [5.41, 5.74) is 2.00. The highest BCUT2D eigenvalue weighted by atomic mass is 35.5. The smallest absolute Gasteiger partial charge is 0.159 e. The topological polar surface area (TPSA) is 67.4 Å². The van der Waals surface area contributed by atoms with Gasteiger partial charge in [-0.3, -0.25) is 9.69 Å². The van der Waals surface area contributed by atoms with E-state index in [0.717, 1.165) is 30.6 Å². The number of aromatic nitrogens is 2. The number of fused-ring (bicyclic) bond motifs is 2. The number of methoxy groups -OCH3 is 1. The first-order chi connectivity index (χ1) is 17.5. The van der Waals surface area contributed by atoms with Gasteiger partial charge < -0.3 is 10.1 Å². The maximum absolute atomic E-state index is 13.6. The minimum Gasteiger partial charge on any atom is -0.496 e. The molecule has 0 aliphatic carbocycles. The van der Waals surface area contributed by atoms with Gasteiger partial charge in [0.25, 0.3) is 0 Å². The van der Waals surface area contributed by atoms with E-state index in [0.29, 0.717) is 33.3 Å². The van der Waals surface area contributed by atoms with Crippen LogP contribution < -0.4 is 10.1 Å². The molecule has 2 aliphatic heterocycles. The van der Waals surface area contributed by atoms with Gasteiger partial charge in [0.15, 0.2) is 5.78 Å². The van der Waals surface area contributed by atoms with E-state index in [1.54, 1.807) is 25.3 Å². The van der Waals surface area contributed by atoms with Gasteiger partial charge in [-0.15, -0.1) is 0 Å². The van der Waals surface area contributed by atoms with E-state index >= 15 is 0 Å². The zero-order valence-corrected chi connectivity index (χ0v) is 22.1. The molecule has 1 aromatic heterocycles. The standard InChI is InChI=1S/C26H26ClFN4O2S2/c1-34-23-12-22-19(26(30-15-29-22)31-17-4-5-21(28)20(27)11-17)10-16(23)9-18(33)3-2-6-32-13-24-25(14-32)36-8-7-35-24/h2-5,10-12,15,24-25H,6-9,13-14H2,1H3,(H,29,30,31)/b3-2+. The molecular formula is C26H26ClFN4O2S2. The average molecular weight is 545 g/mol. The number of thioether (sulfide) groups is 2. The maximum Gasteiger partial charge on any atom is 0.159 e. The molecule has 2 atom stereocenters.